The molecule has 0 saturated heterocycles. The lowest BCUT2D eigenvalue weighted by atomic mass is 10.1. The Kier molecular flexibility index (Phi) is 5.57. The molecule has 1 aliphatic heterocycles. The fourth-order valence-corrected chi connectivity index (χ4v) is 3.31. The molecular weight excluding hydrogens is 380 g/mol. The first-order valence-corrected chi connectivity index (χ1v) is 9.69. The summed E-state index contributed by atoms with van der Waals surface area (Å²) < 4.78 is 5.59. The molecule has 0 radical (unpaired) electrons. The summed E-state index contributed by atoms with van der Waals surface area (Å²) >= 11 is 0. The number of nitrogens with zero attached hydrogens (tertiary/aromatic N) is 1. The Labute approximate surface area is 174 Å². The largest absolute Gasteiger partial charge is 0.494 e. The quantitative estimate of drug-likeness (QED) is 0.474. The fraction of sp³-hybridized carbons (Fsp3) is 0.125. The van der Waals surface area contributed by atoms with Crippen LogP contribution in [0.4, 0.5) is 11.4 Å². The Morgan fingerprint density at radius 1 is 0.833 bits per heavy atom. The first kappa shape index (κ1) is 19.4. The van der Waals surface area contributed by atoms with Crippen molar-refractivity contribution in [3.05, 3.63) is 90.0 Å². The first-order valence-electron chi connectivity index (χ1n) is 9.69. The van der Waals surface area contributed by atoms with E-state index in [0.29, 0.717) is 42.0 Å². The van der Waals surface area contributed by atoms with Crippen LogP contribution in [0, 0.1) is 0 Å². The highest BCUT2D eigenvalue weighted by Crippen LogP contribution is 2.29. The van der Waals surface area contributed by atoms with E-state index < -0.39 is 0 Å². The number of hydrogen-bond acceptors (Lipinski definition) is 4. The summed E-state index contributed by atoms with van der Waals surface area (Å²) in [6.07, 6.45) is 0.864. The number of ether oxygens (including phenoxy) is 1. The van der Waals surface area contributed by atoms with Crippen LogP contribution >= 0.6 is 0 Å². The third kappa shape index (κ3) is 4.07. The fourth-order valence-electron chi connectivity index (χ4n) is 3.31. The summed E-state index contributed by atoms with van der Waals surface area (Å²) in [5.74, 6) is -0.119. The molecule has 150 valence electrons. The molecule has 6 nitrogen and oxygen atoms in total. The van der Waals surface area contributed by atoms with E-state index in [2.05, 4.69) is 5.32 Å². The van der Waals surface area contributed by atoms with Gasteiger partial charge in [0.2, 0.25) is 5.91 Å². The predicted octanol–water partition coefficient (Wildman–Crippen LogP) is 4.28. The van der Waals surface area contributed by atoms with Gasteiger partial charge in [0, 0.05) is 12.1 Å². The summed E-state index contributed by atoms with van der Waals surface area (Å²) in [6, 6.07) is 22.9. The molecule has 30 heavy (non-hydrogen) atoms. The van der Waals surface area contributed by atoms with Crippen LogP contribution < -0.4 is 15.0 Å². The molecule has 3 amide bonds. The highest BCUT2D eigenvalue weighted by Gasteiger charge is 2.36. The van der Waals surface area contributed by atoms with Crippen molar-refractivity contribution in [2.24, 2.45) is 0 Å². The zero-order valence-electron chi connectivity index (χ0n) is 16.2. The number of fused-ring (bicyclic) bond motifs is 1. The van der Waals surface area contributed by atoms with Crippen LogP contribution in [-0.2, 0) is 4.79 Å². The van der Waals surface area contributed by atoms with Gasteiger partial charge in [-0.1, -0.05) is 36.4 Å². The van der Waals surface area contributed by atoms with Gasteiger partial charge in [-0.2, -0.15) is 0 Å². The lowest BCUT2D eigenvalue weighted by Crippen LogP contribution is -2.29. The highest BCUT2D eigenvalue weighted by molar-refractivity contribution is 6.34. The van der Waals surface area contributed by atoms with E-state index in [1.165, 1.54) is 0 Å². The Balaban J connectivity index is 1.35. The normalized spacial score (nSPS) is 12.6. The summed E-state index contributed by atoms with van der Waals surface area (Å²) in [5.41, 5.74) is 1.72. The SMILES string of the molecule is O=C(CCCOc1ccccc1)Nc1cccc(N2C(=O)c3ccccc3C2=O)c1. The van der Waals surface area contributed by atoms with Crippen LogP contribution in [-0.4, -0.2) is 24.3 Å². The van der Waals surface area contributed by atoms with Crippen molar-refractivity contribution in [3.8, 4) is 5.75 Å². The second kappa shape index (κ2) is 8.61. The van der Waals surface area contributed by atoms with Crippen LogP contribution in [0.3, 0.4) is 0 Å². The number of nitrogens with one attached hydrogen (secondary N) is 1. The smallest absolute Gasteiger partial charge is 0.266 e. The van der Waals surface area contributed by atoms with E-state index in [0.717, 1.165) is 10.6 Å². The lowest BCUT2D eigenvalue weighted by molar-refractivity contribution is -0.116. The maximum Gasteiger partial charge on any atom is 0.266 e. The molecule has 1 aliphatic rings. The molecule has 0 atom stereocenters. The zero-order chi connectivity index (χ0) is 20.9. The summed E-state index contributed by atoms with van der Waals surface area (Å²) in [5, 5.41) is 2.81. The van der Waals surface area contributed by atoms with E-state index in [1.54, 1.807) is 48.5 Å². The van der Waals surface area contributed by atoms with Gasteiger partial charge in [0.1, 0.15) is 5.75 Å². The van der Waals surface area contributed by atoms with Gasteiger partial charge in [0.25, 0.3) is 11.8 Å². The van der Waals surface area contributed by atoms with Crippen molar-refractivity contribution in [1.29, 1.82) is 0 Å². The van der Waals surface area contributed by atoms with Gasteiger partial charge in [-0.05, 0) is 48.9 Å². The lowest BCUT2D eigenvalue weighted by Gasteiger charge is -2.15. The van der Waals surface area contributed by atoms with Gasteiger partial charge >= 0.3 is 0 Å². The van der Waals surface area contributed by atoms with E-state index in [-0.39, 0.29) is 17.7 Å². The molecule has 0 unspecified atom stereocenters. The summed E-state index contributed by atoms with van der Waals surface area (Å²) in [4.78, 5) is 38.7. The molecule has 3 aromatic carbocycles. The molecule has 3 aromatic rings. The van der Waals surface area contributed by atoms with Gasteiger partial charge in [-0.25, -0.2) is 4.90 Å². The number of rotatable bonds is 7. The Bertz CT molecular complexity index is 1060. The molecule has 0 bridgehead atoms. The van der Waals surface area contributed by atoms with Crippen LogP contribution in [0.15, 0.2) is 78.9 Å². The van der Waals surface area contributed by atoms with Gasteiger partial charge < -0.3 is 10.1 Å². The van der Waals surface area contributed by atoms with E-state index in [1.807, 2.05) is 30.3 Å². The van der Waals surface area contributed by atoms with Gasteiger partial charge in [-0.3, -0.25) is 14.4 Å². The third-order valence-corrected chi connectivity index (χ3v) is 4.74. The maximum absolute atomic E-state index is 12.6. The van der Waals surface area contributed by atoms with Crippen molar-refractivity contribution in [2.75, 3.05) is 16.8 Å². The van der Waals surface area contributed by atoms with Crippen molar-refractivity contribution >= 4 is 29.1 Å². The molecule has 0 aromatic heterocycles. The van der Waals surface area contributed by atoms with Crippen molar-refractivity contribution in [2.45, 2.75) is 12.8 Å². The number of benzene rings is 3. The number of carbonyl (C=O) groups excluding carboxylic acids is 3. The molecule has 0 spiro atoms. The number of carbonyl (C=O) groups is 3. The molecule has 6 heteroatoms. The molecule has 0 saturated carbocycles. The van der Waals surface area contributed by atoms with Crippen molar-refractivity contribution < 1.29 is 19.1 Å². The number of amides is 3. The molecule has 0 fully saturated rings. The van der Waals surface area contributed by atoms with Gasteiger partial charge in [-0.15, -0.1) is 0 Å². The predicted molar refractivity (Wildman–Crippen MR) is 114 cm³/mol. The molecule has 4 rings (SSSR count). The minimum Gasteiger partial charge on any atom is -0.494 e. The van der Waals surface area contributed by atoms with Crippen molar-refractivity contribution in [3.63, 3.8) is 0 Å². The van der Waals surface area contributed by atoms with Crippen molar-refractivity contribution in [1.82, 2.24) is 0 Å². The van der Waals surface area contributed by atoms with Gasteiger partial charge in [0.15, 0.2) is 0 Å². The third-order valence-electron chi connectivity index (χ3n) is 4.74. The standard InChI is InChI=1S/C24H20N2O4/c27-22(14-7-15-30-19-10-2-1-3-11-19)25-17-8-6-9-18(16-17)26-23(28)20-12-4-5-13-21(20)24(26)29/h1-6,8-13,16H,7,14-15H2,(H,25,27). The Hall–Kier alpha value is -3.93. The van der Waals surface area contributed by atoms with Crippen LogP contribution in [0.1, 0.15) is 33.6 Å². The first-order chi connectivity index (χ1) is 14.6. The monoisotopic (exact) mass is 400 g/mol. The molecule has 1 heterocycles. The Morgan fingerprint density at radius 2 is 1.50 bits per heavy atom. The maximum atomic E-state index is 12.6. The van der Waals surface area contributed by atoms with Gasteiger partial charge in [0.05, 0.1) is 23.4 Å². The number of imide groups is 1. The minimum atomic E-state index is -0.364. The minimum absolute atomic E-state index is 0.161. The topological polar surface area (TPSA) is 75.7 Å². The summed E-state index contributed by atoms with van der Waals surface area (Å²) in [7, 11) is 0. The van der Waals surface area contributed by atoms with E-state index in [4.69, 9.17) is 4.74 Å². The highest BCUT2D eigenvalue weighted by atomic mass is 16.5. The molecule has 1 N–H and O–H groups in total. The van der Waals surface area contributed by atoms with Crippen LogP contribution in [0.5, 0.6) is 5.75 Å². The number of para-hydroxylation sites is 1. The number of anilines is 2. The zero-order valence-corrected chi connectivity index (χ0v) is 16.2. The molecular formula is C24H20N2O4. The average Bonchev–Trinajstić information content (AvgIpc) is 3.03. The second-order valence-electron chi connectivity index (χ2n) is 6.85. The van der Waals surface area contributed by atoms with Crippen LogP contribution in [0.2, 0.25) is 0 Å². The van der Waals surface area contributed by atoms with E-state index in [9.17, 15) is 14.4 Å². The van der Waals surface area contributed by atoms with E-state index >= 15 is 0 Å². The Morgan fingerprint density at radius 3 is 2.20 bits per heavy atom. The molecule has 0 aliphatic carbocycles. The second-order valence-corrected chi connectivity index (χ2v) is 6.85. The summed E-state index contributed by atoms with van der Waals surface area (Å²) in [6.45, 7) is 0.437. The number of hydrogen-bond donors (Lipinski definition) is 1. The average molecular weight is 400 g/mol. The van der Waals surface area contributed by atoms with Crippen LogP contribution in [0.25, 0.3) is 0 Å².